The first-order valence-corrected chi connectivity index (χ1v) is 5.72. The maximum Gasteiger partial charge on any atom is 0.327 e. The molecule has 0 aliphatic heterocycles. The highest BCUT2D eigenvalue weighted by Crippen LogP contribution is 2.07. The third-order valence-electron chi connectivity index (χ3n) is 2.44. The number of aryl methyl sites for hydroxylation is 1. The zero-order chi connectivity index (χ0) is 11.6. The topological polar surface area (TPSA) is 37.3 Å². The monoisotopic (exact) mass is 218 g/mol. The molecule has 0 heterocycles. The van der Waals surface area contributed by atoms with E-state index in [0.717, 1.165) is 25.7 Å². The second-order valence-electron chi connectivity index (χ2n) is 3.83. The van der Waals surface area contributed by atoms with Gasteiger partial charge in [0.2, 0.25) is 0 Å². The Morgan fingerprint density at radius 1 is 1.12 bits per heavy atom. The van der Waals surface area contributed by atoms with Gasteiger partial charge in [-0.15, -0.1) is 0 Å². The molecule has 86 valence electrons. The van der Waals surface area contributed by atoms with E-state index in [1.807, 2.05) is 6.07 Å². The minimum absolute atomic E-state index is 0.857. The SMILES string of the molecule is O=C(O)/C=C/CCCCCc1ccccc1. The van der Waals surface area contributed by atoms with E-state index in [0.29, 0.717) is 0 Å². The van der Waals surface area contributed by atoms with Gasteiger partial charge in [0.25, 0.3) is 0 Å². The molecule has 1 aromatic carbocycles. The number of unbranched alkanes of at least 4 members (excludes halogenated alkanes) is 3. The summed E-state index contributed by atoms with van der Waals surface area (Å²) in [5.41, 5.74) is 1.38. The number of hydrogen-bond donors (Lipinski definition) is 1. The van der Waals surface area contributed by atoms with Gasteiger partial charge in [0, 0.05) is 6.08 Å². The van der Waals surface area contributed by atoms with Crippen LogP contribution in [0.25, 0.3) is 0 Å². The van der Waals surface area contributed by atoms with E-state index in [4.69, 9.17) is 5.11 Å². The van der Waals surface area contributed by atoms with Crippen LogP contribution in [0.5, 0.6) is 0 Å². The minimum Gasteiger partial charge on any atom is -0.478 e. The standard InChI is InChI=1S/C14H18O2/c15-14(16)12-8-3-1-2-5-9-13-10-6-4-7-11-13/h4,6-8,10-12H,1-3,5,9H2,(H,15,16)/b12-8+. The van der Waals surface area contributed by atoms with Gasteiger partial charge >= 0.3 is 5.97 Å². The quantitative estimate of drug-likeness (QED) is 0.562. The fraction of sp³-hybridized carbons (Fsp3) is 0.357. The smallest absolute Gasteiger partial charge is 0.327 e. The van der Waals surface area contributed by atoms with Crippen LogP contribution in [0, 0.1) is 0 Å². The largest absolute Gasteiger partial charge is 0.478 e. The van der Waals surface area contributed by atoms with Crippen LogP contribution < -0.4 is 0 Å². The van der Waals surface area contributed by atoms with Gasteiger partial charge in [0.05, 0.1) is 0 Å². The Kier molecular flexibility index (Phi) is 6.00. The van der Waals surface area contributed by atoms with Crippen molar-refractivity contribution in [2.24, 2.45) is 0 Å². The van der Waals surface area contributed by atoms with Crippen molar-refractivity contribution in [2.45, 2.75) is 32.1 Å². The summed E-state index contributed by atoms with van der Waals surface area (Å²) in [6, 6.07) is 10.4. The lowest BCUT2D eigenvalue weighted by molar-refractivity contribution is -0.131. The normalized spacial score (nSPS) is 10.8. The highest BCUT2D eigenvalue weighted by molar-refractivity contribution is 5.79. The molecule has 2 heteroatoms. The molecule has 1 aromatic rings. The number of aliphatic carboxylic acids is 1. The van der Waals surface area contributed by atoms with E-state index in [1.165, 1.54) is 18.1 Å². The number of allylic oxidation sites excluding steroid dienone is 1. The van der Waals surface area contributed by atoms with Crippen molar-refractivity contribution in [1.82, 2.24) is 0 Å². The highest BCUT2D eigenvalue weighted by atomic mass is 16.4. The first-order chi connectivity index (χ1) is 7.79. The Bertz CT molecular complexity index is 328. The van der Waals surface area contributed by atoms with Crippen LogP contribution in [-0.2, 0) is 11.2 Å². The van der Waals surface area contributed by atoms with E-state index >= 15 is 0 Å². The number of carboxylic acid groups (broad SMARTS) is 1. The second-order valence-corrected chi connectivity index (χ2v) is 3.83. The van der Waals surface area contributed by atoms with Crippen molar-refractivity contribution >= 4 is 5.97 Å². The Morgan fingerprint density at radius 2 is 1.88 bits per heavy atom. The average molecular weight is 218 g/mol. The molecule has 1 rings (SSSR count). The minimum atomic E-state index is -0.857. The van der Waals surface area contributed by atoms with Crippen molar-refractivity contribution in [1.29, 1.82) is 0 Å². The van der Waals surface area contributed by atoms with Gasteiger partial charge in [0.15, 0.2) is 0 Å². The molecule has 0 aliphatic carbocycles. The van der Waals surface area contributed by atoms with E-state index in [1.54, 1.807) is 6.08 Å². The molecule has 0 fully saturated rings. The zero-order valence-electron chi connectivity index (χ0n) is 9.43. The Hall–Kier alpha value is -1.57. The third kappa shape index (κ3) is 6.02. The lowest BCUT2D eigenvalue weighted by Crippen LogP contribution is -1.87. The van der Waals surface area contributed by atoms with Crippen LogP contribution in [0.1, 0.15) is 31.2 Å². The maximum atomic E-state index is 10.2. The maximum absolute atomic E-state index is 10.2. The van der Waals surface area contributed by atoms with Crippen LogP contribution in [0.4, 0.5) is 0 Å². The molecule has 2 nitrogen and oxygen atoms in total. The Balaban J connectivity index is 2.02. The molecule has 0 saturated heterocycles. The number of hydrogen-bond acceptors (Lipinski definition) is 1. The van der Waals surface area contributed by atoms with Crippen molar-refractivity contribution < 1.29 is 9.90 Å². The van der Waals surface area contributed by atoms with Crippen LogP contribution in [-0.4, -0.2) is 11.1 Å². The van der Waals surface area contributed by atoms with Crippen LogP contribution in [0.3, 0.4) is 0 Å². The second kappa shape index (κ2) is 7.69. The number of carboxylic acids is 1. The first kappa shape index (κ1) is 12.5. The van der Waals surface area contributed by atoms with Crippen molar-refractivity contribution in [3.63, 3.8) is 0 Å². The molecule has 0 saturated carbocycles. The van der Waals surface area contributed by atoms with Gasteiger partial charge in [-0.25, -0.2) is 4.79 Å². The fourth-order valence-corrected chi connectivity index (χ4v) is 1.60. The summed E-state index contributed by atoms with van der Waals surface area (Å²) in [6.07, 6.45) is 8.31. The molecule has 0 amide bonds. The van der Waals surface area contributed by atoms with Gasteiger partial charge in [-0.3, -0.25) is 0 Å². The summed E-state index contributed by atoms with van der Waals surface area (Å²) < 4.78 is 0. The molecule has 0 aliphatic rings. The molecule has 0 unspecified atom stereocenters. The summed E-state index contributed by atoms with van der Waals surface area (Å²) >= 11 is 0. The lowest BCUT2D eigenvalue weighted by Gasteiger charge is -2.00. The molecule has 1 N–H and O–H groups in total. The van der Waals surface area contributed by atoms with Gasteiger partial charge in [0.1, 0.15) is 0 Å². The van der Waals surface area contributed by atoms with Crippen molar-refractivity contribution in [3.8, 4) is 0 Å². The first-order valence-electron chi connectivity index (χ1n) is 5.72. The predicted octanol–water partition coefficient (Wildman–Crippen LogP) is 3.43. The number of carbonyl (C=O) groups is 1. The predicted molar refractivity (Wildman–Crippen MR) is 65.4 cm³/mol. The summed E-state index contributed by atoms with van der Waals surface area (Å²) in [7, 11) is 0. The Morgan fingerprint density at radius 3 is 2.56 bits per heavy atom. The molecule has 0 radical (unpaired) electrons. The molecule has 0 spiro atoms. The molecule has 0 aromatic heterocycles. The summed E-state index contributed by atoms with van der Waals surface area (Å²) in [4.78, 5) is 10.2. The summed E-state index contributed by atoms with van der Waals surface area (Å²) in [5, 5.41) is 8.38. The van der Waals surface area contributed by atoms with Crippen molar-refractivity contribution in [3.05, 3.63) is 48.0 Å². The van der Waals surface area contributed by atoms with E-state index in [-0.39, 0.29) is 0 Å². The van der Waals surface area contributed by atoms with Gasteiger partial charge in [-0.05, 0) is 31.2 Å². The molecule has 16 heavy (non-hydrogen) atoms. The van der Waals surface area contributed by atoms with Gasteiger partial charge in [-0.2, -0.15) is 0 Å². The van der Waals surface area contributed by atoms with Gasteiger partial charge in [-0.1, -0.05) is 42.8 Å². The number of benzene rings is 1. The zero-order valence-corrected chi connectivity index (χ0v) is 9.43. The summed E-state index contributed by atoms with van der Waals surface area (Å²) in [6.45, 7) is 0. The van der Waals surface area contributed by atoms with Crippen LogP contribution in [0.15, 0.2) is 42.5 Å². The van der Waals surface area contributed by atoms with Crippen molar-refractivity contribution in [2.75, 3.05) is 0 Å². The fourth-order valence-electron chi connectivity index (χ4n) is 1.60. The third-order valence-corrected chi connectivity index (χ3v) is 2.44. The van der Waals surface area contributed by atoms with Gasteiger partial charge < -0.3 is 5.11 Å². The van der Waals surface area contributed by atoms with E-state index in [2.05, 4.69) is 24.3 Å². The Labute approximate surface area is 96.6 Å². The summed E-state index contributed by atoms with van der Waals surface area (Å²) in [5.74, 6) is -0.857. The molecular weight excluding hydrogens is 200 g/mol. The van der Waals surface area contributed by atoms with Crippen LogP contribution >= 0.6 is 0 Å². The van der Waals surface area contributed by atoms with E-state index in [9.17, 15) is 4.79 Å². The van der Waals surface area contributed by atoms with E-state index < -0.39 is 5.97 Å². The van der Waals surface area contributed by atoms with Crippen LogP contribution in [0.2, 0.25) is 0 Å². The molecule has 0 bridgehead atoms. The average Bonchev–Trinajstić information content (AvgIpc) is 2.29. The molecular formula is C14H18O2. The molecule has 0 atom stereocenters. The number of rotatable bonds is 7. The lowest BCUT2D eigenvalue weighted by atomic mass is 10.1. The highest BCUT2D eigenvalue weighted by Gasteiger charge is 1.92.